The summed E-state index contributed by atoms with van der Waals surface area (Å²) in [5.41, 5.74) is 2.44. The van der Waals surface area contributed by atoms with Gasteiger partial charge in [0.2, 0.25) is 11.8 Å². The molecular weight excluding hydrogens is 364 g/mol. The number of carboxylic acid groups (broad SMARTS) is 1. The van der Waals surface area contributed by atoms with Gasteiger partial charge in [0.05, 0.1) is 6.42 Å². The van der Waals surface area contributed by atoms with E-state index in [1.165, 1.54) is 11.3 Å². The first-order chi connectivity index (χ1) is 12.9. The van der Waals surface area contributed by atoms with Crippen LogP contribution in [0.1, 0.15) is 42.0 Å². The Kier molecular flexibility index (Phi) is 5.91. The summed E-state index contributed by atoms with van der Waals surface area (Å²) < 4.78 is 0. The molecule has 1 saturated heterocycles. The van der Waals surface area contributed by atoms with Crippen LogP contribution in [0, 0.1) is 6.92 Å². The van der Waals surface area contributed by atoms with E-state index in [-0.39, 0.29) is 30.6 Å². The first kappa shape index (κ1) is 19.1. The summed E-state index contributed by atoms with van der Waals surface area (Å²) in [6, 6.07) is 9.19. The number of hydrogen-bond acceptors (Lipinski definition) is 4. The Bertz CT molecular complexity index is 848. The van der Waals surface area contributed by atoms with Crippen molar-refractivity contribution in [2.24, 2.45) is 0 Å². The van der Waals surface area contributed by atoms with E-state index in [0.29, 0.717) is 12.1 Å². The highest BCUT2D eigenvalue weighted by Crippen LogP contribution is 2.30. The van der Waals surface area contributed by atoms with Gasteiger partial charge in [0.25, 0.3) is 0 Å². The number of aliphatic carboxylic acids is 1. The van der Waals surface area contributed by atoms with E-state index >= 15 is 0 Å². The molecule has 0 unspecified atom stereocenters. The molecule has 2 aromatic rings. The number of benzene rings is 1. The lowest BCUT2D eigenvalue weighted by Crippen LogP contribution is -2.24. The van der Waals surface area contributed by atoms with Gasteiger partial charge in [-0.25, -0.2) is 0 Å². The fourth-order valence-electron chi connectivity index (χ4n) is 3.38. The van der Waals surface area contributed by atoms with Crippen molar-refractivity contribution in [2.45, 2.75) is 38.5 Å². The zero-order valence-corrected chi connectivity index (χ0v) is 15.9. The number of carbonyl (C=O) groups is 3. The van der Waals surface area contributed by atoms with Gasteiger partial charge >= 0.3 is 5.97 Å². The maximum atomic E-state index is 12.4. The Morgan fingerprint density at radius 3 is 2.70 bits per heavy atom. The van der Waals surface area contributed by atoms with E-state index in [1.54, 1.807) is 11.0 Å². The highest BCUT2D eigenvalue weighted by molar-refractivity contribution is 7.10. The van der Waals surface area contributed by atoms with Gasteiger partial charge in [-0.2, -0.15) is 0 Å². The molecule has 2 heterocycles. The number of nitrogens with zero attached hydrogens (tertiary/aromatic N) is 1. The first-order valence-corrected chi connectivity index (χ1v) is 9.78. The second-order valence-electron chi connectivity index (χ2n) is 6.71. The van der Waals surface area contributed by atoms with Gasteiger partial charge in [-0.05, 0) is 48.6 Å². The normalized spacial score (nSPS) is 15.0. The Hall–Kier alpha value is -2.67. The van der Waals surface area contributed by atoms with Crippen molar-refractivity contribution >= 4 is 40.5 Å². The molecule has 2 amide bonds. The summed E-state index contributed by atoms with van der Waals surface area (Å²) in [7, 11) is 0. The first-order valence-electron chi connectivity index (χ1n) is 8.90. The van der Waals surface area contributed by atoms with Gasteiger partial charge in [0.15, 0.2) is 0 Å². The van der Waals surface area contributed by atoms with E-state index in [9.17, 15) is 14.4 Å². The Labute approximate surface area is 161 Å². The molecule has 2 N–H and O–H groups in total. The molecule has 27 heavy (non-hydrogen) atoms. The Morgan fingerprint density at radius 2 is 2.11 bits per heavy atom. The average molecular weight is 386 g/mol. The Morgan fingerprint density at radius 1 is 1.30 bits per heavy atom. The molecule has 142 valence electrons. The molecule has 1 fully saturated rings. The molecular formula is C20H22N2O4S. The van der Waals surface area contributed by atoms with Crippen molar-refractivity contribution in [3.63, 3.8) is 0 Å². The topological polar surface area (TPSA) is 86.7 Å². The van der Waals surface area contributed by atoms with Crippen LogP contribution in [0.3, 0.4) is 0 Å². The predicted molar refractivity (Wildman–Crippen MR) is 105 cm³/mol. The highest BCUT2D eigenvalue weighted by atomic mass is 32.1. The van der Waals surface area contributed by atoms with Crippen LogP contribution < -0.4 is 10.2 Å². The molecule has 7 heteroatoms. The smallest absolute Gasteiger partial charge is 0.304 e. The SMILES string of the molecule is Cc1cc(NC(=O)C[C@@H](CC(=O)O)c2cccs2)ccc1N1CCCC1=O. The van der Waals surface area contributed by atoms with Crippen LogP contribution in [0.15, 0.2) is 35.7 Å². The minimum Gasteiger partial charge on any atom is -0.481 e. The van der Waals surface area contributed by atoms with Crippen LogP contribution in [0.25, 0.3) is 0 Å². The van der Waals surface area contributed by atoms with Crippen molar-refractivity contribution in [1.82, 2.24) is 0 Å². The molecule has 0 bridgehead atoms. The van der Waals surface area contributed by atoms with Crippen LogP contribution in [0.4, 0.5) is 11.4 Å². The molecule has 1 aliphatic heterocycles. The third kappa shape index (κ3) is 4.74. The summed E-state index contributed by atoms with van der Waals surface area (Å²) in [5, 5.41) is 13.8. The second kappa shape index (κ2) is 8.35. The van der Waals surface area contributed by atoms with Crippen molar-refractivity contribution < 1.29 is 19.5 Å². The number of thiophene rings is 1. The molecule has 0 spiro atoms. The second-order valence-corrected chi connectivity index (χ2v) is 7.69. The molecule has 0 radical (unpaired) electrons. The summed E-state index contributed by atoms with van der Waals surface area (Å²) in [6.45, 7) is 2.64. The van der Waals surface area contributed by atoms with E-state index in [2.05, 4.69) is 5.32 Å². The van der Waals surface area contributed by atoms with Crippen LogP contribution in [-0.4, -0.2) is 29.4 Å². The van der Waals surface area contributed by atoms with Crippen molar-refractivity contribution in [3.8, 4) is 0 Å². The van der Waals surface area contributed by atoms with E-state index in [1.807, 2.05) is 36.6 Å². The van der Waals surface area contributed by atoms with Crippen LogP contribution in [0.2, 0.25) is 0 Å². The Balaban J connectivity index is 1.67. The van der Waals surface area contributed by atoms with Gasteiger partial charge < -0.3 is 15.3 Å². The molecule has 1 atom stereocenters. The van der Waals surface area contributed by atoms with E-state index in [0.717, 1.165) is 29.1 Å². The lowest BCUT2D eigenvalue weighted by atomic mass is 9.99. The molecule has 1 aromatic carbocycles. The van der Waals surface area contributed by atoms with Crippen LogP contribution in [0.5, 0.6) is 0 Å². The lowest BCUT2D eigenvalue weighted by molar-refractivity contribution is -0.137. The third-order valence-electron chi connectivity index (χ3n) is 4.64. The number of hydrogen-bond donors (Lipinski definition) is 2. The van der Waals surface area contributed by atoms with Gasteiger partial charge in [-0.3, -0.25) is 14.4 Å². The molecule has 1 aliphatic rings. The van der Waals surface area contributed by atoms with Crippen molar-refractivity contribution in [1.29, 1.82) is 0 Å². The third-order valence-corrected chi connectivity index (χ3v) is 5.68. The van der Waals surface area contributed by atoms with Crippen molar-refractivity contribution in [3.05, 3.63) is 46.2 Å². The lowest BCUT2D eigenvalue weighted by Gasteiger charge is -2.19. The monoisotopic (exact) mass is 386 g/mol. The fourth-order valence-corrected chi connectivity index (χ4v) is 4.21. The summed E-state index contributed by atoms with van der Waals surface area (Å²) in [4.78, 5) is 38.2. The number of carbonyl (C=O) groups excluding carboxylic acids is 2. The van der Waals surface area contributed by atoms with Crippen LogP contribution in [-0.2, 0) is 14.4 Å². The number of rotatable bonds is 7. The molecule has 3 rings (SSSR count). The molecule has 1 aromatic heterocycles. The summed E-state index contributed by atoms with van der Waals surface area (Å²) in [5.74, 6) is -1.36. The fraction of sp³-hybridized carbons (Fsp3) is 0.350. The quantitative estimate of drug-likeness (QED) is 0.758. The van der Waals surface area contributed by atoms with Gasteiger partial charge in [-0.15, -0.1) is 11.3 Å². The molecule has 6 nitrogen and oxygen atoms in total. The molecule has 0 saturated carbocycles. The van der Waals surface area contributed by atoms with E-state index < -0.39 is 5.97 Å². The van der Waals surface area contributed by atoms with Crippen LogP contribution >= 0.6 is 11.3 Å². The highest BCUT2D eigenvalue weighted by Gasteiger charge is 2.23. The van der Waals surface area contributed by atoms with Crippen molar-refractivity contribution in [2.75, 3.05) is 16.8 Å². The van der Waals surface area contributed by atoms with Gasteiger partial charge in [0.1, 0.15) is 0 Å². The maximum Gasteiger partial charge on any atom is 0.304 e. The minimum atomic E-state index is -0.920. The maximum absolute atomic E-state index is 12.4. The predicted octanol–water partition coefficient (Wildman–Crippen LogP) is 3.77. The number of carboxylic acids is 1. The number of anilines is 2. The van der Waals surface area contributed by atoms with E-state index in [4.69, 9.17) is 5.11 Å². The average Bonchev–Trinajstić information content (AvgIpc) is 3.26. The van der Waals surface area contributed by atoms with Gasteiger partial charge in [-0.1, -0.05) is 6.07 Å². The summed E-state index contributed by atoms with van der Waals surface area (Å²) >= 11 is 1.46. The summed E-state index contributed by atoms with van der Waals surface area (Å²) in [6.07, 6.45) is 1.47. The van der Waals surface area contributed by atoms with Gasteiger partial charge in [0, 0.05) is 41.6 Å². The zero-order valence-electron chi connectivity index (χ0n) is 15.1. The number of aryl methyl sites for hydroxylation is 1. The molecule has 0 aliphatic carbocycles. The number of amides is 2. The minimum absolute atomic E-state index is 0.0804. The zero-order chi connectivity index (χ0) is 19.4. The largest absolute Gasteiger partial charge is 0.481 e. The standard InChI is InChI=1S/C20H22N2O4S/c1-13-10-15(6-7-16(13)22-8-2-5-19(22)24)21-18(23)11-14(12-20(25)26)17-4-3-9-27-17/h3-4,6-7,9-10,14H,2,5,8,11-12H2,1H3,(H,21,23)(H,25,26)/t14-/m0/s1. The number of nitrogens with one attached hydrogen (secondary N) is 1.